The molecule has 2 atom stereocenters. The molecule has 0 bridgehead atoms. The van der Waals surface area contributed by atoms with Gasteiger partial charge in [0.05, 0.1) is 23.4 Å². The van der Waals surface area contributed by atoms with Crippen molar-refractivity contribution in [2.24, 2.45) is 5.73 Å². The first-order valence-electron chi connectivity index (χ1n) is 6.52. The number of nitrogens with zero attached hydrogens (tertiary/aromatic N) is 2. The van der Waals surface area contributed by atoms with Gasteiger partial charge in [-0.25, -0.2) is 4.98 Å². The average molecular weight is 271 g/mol. The van der Waals surface area contributed by atoms with Crippen LogP contribution in [-0.2, 0) is 0 Å². The number of aromatic nitrogens is 2. The van der Waals surface area contributed by atoms with Crippen molar-refractivity contribution >= 4 is 22.4 Å². The third-order valence-corrected chi connectivity index (χ3v) is 4.44. The molecule has 1 aromatic carbocycles. The number of fused-ring (bicyclic) bond motifs is 1. The van der Waals surface area contributed by atoms with Crippen LogP contribution in [0.25, 0.3) is 11.0 Å². The summed E-state index contributed by atoms with van der Waals surface area (Å²) in [6.07, 6.45) is 2.85. The van der Waals surface area contributed by atoms with Crippen LogP contribution >= 0.6 is 11.3 Å². The molecule has 2 aromatic heterocycles. The molecule has 0 amide bonds. The number of hydrogen-bond donors (Lipinski definition) is 1. The van der Waals surface area contributed by atoms with Gasteiger partial charge in [-0.15, -0.1) is 11.3 Å². The first-order valence-corrected chi connectivity index (χ1v) is 7.39. The van der Waals surface area contributed by atoms with Gasteiger partial charge < -0.3 is 10.3 Å². The van der Waals surface area contributed by atoms with Crippen LogP contribution < -0.4 is 5.73 Å². The maximum atomic E-state index is 6.35. The highest BCUT2D eigenvalue weighted by Gasteiger charge is 2.22. The summed E-state index contributed by atoms with van der Waals surface area (Å²) in [5.74, 6) is 0. The van der Waals surface area contributed by atoms with Crippen molar-refractivity contribution in [3.8, 4) is 0 Å². The lowest BCUT2D eigenvalue weighted by Gasteiger charge is -2.24. The summed E-state index contributed by atoms with van der Waals surface area (Å²) in [4.78, 5) is 5.77. The summed E-state index contributed by atoms with van der Waals surface area (Å²) in [5, 5.41) is 2.10. The predicted molar refractivity (Wildman–Crippen MR) is 80.5 cm³/mol. The maximum Gasteiger partial charge on any atom is 0.0964 e. The molecule has 98 valence electrons. The van der Waals surface area contributed by atoms with Crippen LogP contribution in [-0.4, -0.2) is 15.6 Å². The Morgan fingerprint density at radius 2 is 2.11 bits per heavy atom. The average Bonchev–Trinajstić information content (AvgIpc) is 3.09. The van der Waals surface area contributed by atoms with Gasteiger partial charge in [-0.1, -0.05) is 25.1 Å². The van der Waals surface area contributed by atoms with Crippen molar-refractivity contribution in [2.45, 2.75) is 25.4 Å². The number of nitrogens with two attached hydrogens (primary N) is 1. The number of hydrogen-bond acceptors (Lipinski definition) is 3. The van der Waals surface area contributed by atoms with E-state index in [0.717, 1.165) is 17.5 Å². The summed E-state index contributed by atoms with van der Waals surface area (Å²) < 4.78 is 2.20. The fourth-order valence-electron chi connectivity index (χ4n) is 2.44. The second-order valence-electron chi connectivity index (χ2n) is 4.67. The molecule has 4 heteroatoms. The predicted octanol–water partition coefficient (Wildman–Crippen LogP) is 3.42. The number of thiophene rings is 1. The molecule has 2 N–H and O–H groups in total. The van der Waals surface area contributed by atoms with Crippen molar-refractivity contribution in [1.82, 2.24) is 9.55 Å². The second kappa shape index (κ2) is 5.15. The molecule has 2 unspecified atom stereocenters. The Labute approximate surface area is 116 Å². The van der Waals surface area contributed by atoms with Crippen LogP contribution in [0.3, 0.4) is 0 Å². The normalized spacial score (nSPS) is 14.6. The largest absolute Gasteiger partial charge is 0.326 e. The Hall–Kier alpha value is -1.65. The van der Waals surface area contributed by atoms with Crippen LogP contribution in [0.4, 0.5) is 0 Å². The quantitative estimate of drug-likeness (QED) is 0.790. The fourth-order valence-corrected chi connectivity index (χ4v) is 3.34. The van der Waals surface area contributed by atoms with E-state index in [0.29, 0.717) is 0 Å². The zero-order chi connectivity index (χ0) is 13.2. The molecule has 0 spiro atoms. The van der Waals surface area contributed by atoms with Crippen LogP contribution in [0.15, 0.2) is 48.1 Å². The number of para-hydroxylation sites is 2. The van der Waals surface area contributed by atoms with Gasteiger partial charge in [-0.2, -0.15) is 0 Å². The van der Waals surface area contributed by atoms with E-state index in [1.165, 1.54) is 4.88 Å². The van der Waals surface area contributed by atoms with Gasteiger partial charge in [0.15, 0.2) is 0 Å². The monoisotopic (exact) mass is 271 g/mol. The molecule has 0 radical (unpaired) electrons. The van der Waals surface area contributed by atoms with Crippen molar-refractivity contribution in [3.63, 3.8) is 0 Å². The molecule has 0 aliphatic heterocycles. The van der Waals surface area contributed by atoms with Gasteiger partial charge in [0, 0.05) is 10.9 Å². The lowest BCUT2D eigenvalue weighted by Crippen LogP contribution is -2.31. The van der Waals surface area contributed by atoms with Gasteiger partial charge >= 0.3 is 0 Å². The van der Waals surface area contributed by atoms with Crippen molar-refractivity contribution < 1.29 is 0 Å². The van der Waals surface area contributed by atoms with Gasteiger partial charge in [0.1, 0.15) is 0 Å². The Morgan fingerprint density at radius 3 is 2.84 bits per heavy atom. The number of imidazole rings is 1. The third-order valence-electron chi connectivity index (χ3n) is 3.49. The van der Waals surface area contributed by atoms with Gasteiger partial charge in [0.2, 0.25) is 0 Å². The molecule has 0 aliphatic rings. The first-order chi connectivity index (χ1) is 9.31. The molecule has 2 heterocycles. The molecule has 0 saturated carbocycles. The lowest BCUT2D eigenvalue weighted by molar-refractivity contribution is 0.474. The highest BCUT2D eigenvalue weighted by molar-refractivity contribution is 7.10. The van der Waals surface area contributed by atoms with Gasteiger partial charge in [-0.3, -0.25) is 0 Å². The van der Waals surface area contributed by atoms with Crippen molar-refractivity contribution in [3.05, 3.63) is 53.0 Å². The molecule has 3 rings (SSSR count). The van der Waals surface area contributed by atoms with Crippen LogP contribution in [0, 0.1) is 0 Å². The Balaban J connectivity index is 2.14. The topological polar surface area (TPSA) is 43.8 Å². The van der Waals surface area contributed by atoms with E-state index >= 15 is 0 Å². The molecular formula is C15H17N3S. The Morgan fingerprint density at radius 1 is 1.26 bits per heavy atom. The minimum atomic E-state index is 0.0938. The zero-order valence-corrected chi connectivity index (χ0v) is 11.7. The molecule has 3 nitrogen and oxygen atoms in total. The summed E-state index contributed by atoms with van der Waals surface area (Å²) in [7, 11) is 0. The van der Waals surface area contributed by atoms with Crippen LogP contribution in [0.1, 0.15) is 24.3 Å². The summed E-state index contributed by atoms with van der Waals surface area (Å²) in [6, 6.07) is 12.7. The molecule has 19 heavy (non-hydrogen) atoms. The summed E-state index contributed by atoms with van der Waals surface area (Å²) in [6.45, 7) is 2.13. The van der Waals surface area contributed by atoms with Crippen molar-refractivity contribution in [2.75, 3.05) is 0 Å². The van der Waals surface area contributed by atoms with Crippen LogP contribution in [0.2, 0.25) is 0 Å². The molecule has 0 saturated heterocycles. The SMILES string of the molecule is CCC(N)C(c1cccs1)n1cnc2ccccc21. The lowest BCUT2D eigenvalue weighted by atomic mass is 10.0. The minimum Gasteiger partial charge on any atom is -0.326 e. The maximum absolute atomic E-state index is 6.35. The fraction of sp³-hybridized carbons (Fsp3) is 0.267. The summed E-state index contributed by atoms with van der Waals surface area (Å²) >= 11 is 1.75. The van der Waals surface area contributed by atoms with Crippen LogP contribution in [0.5, 0.6) is 0 Å². The van der Waals surface area contributed by atoms with E-state index in [1.807, 2.05) is 24.5 Å². The van der Waals surface area contributed by atoms with E-state index in [2.05, 4.69) is 40.1 Å². The van der Waals surface area contributed by atoms with E-state index in [9.17, 15) is 0 Å². The molecule has 0 fully saturated rings. The highest BCUT2D eigenvalue weighted by atomic mass is 32.1. The van der Waals surface area contributed by atoms with E-state index in [4.69, 9.17) is 5.73 Å². The smallest absolute Gasteiger partial charge is 0.0964 e. The molecule has 3 aromatic rings. The molecular weight excluding hydrogens is 254 g/mol. The first kappa shape index (κ1) is 12.4. The molecule has 0 aliphatic carbocycles. The summed E-state index contributed by atoms with van der Waals surface area (Å²) in [5.41, 5.74) is 8.51. The zero-order valence-electron chi connectivity index (χ0n) is 10.9. The van der Waals surface area contributed by atoms with E-state index in [-0.39, 0.29) is 12.1 Å². The van der Waals surface area contributed by atoms with E-state index < -0.39 is 0 Å². The standard InChI is InChI=1S/C15H17N3S/c1-2-11(16)15(14-8-5-9-19-14)18-10-17-12-6-3-4-7-13(12)18/h3-11,15H,2,16H2,1H3. The minimum absolute atomic E-state index is 0.0938. The van der Waals surface area contributed by atoms with Gasteiger partial charge in [-0.05, 0) is 30.0 Å². The second-order valence-corrected chi connectivity index (χ2v) is 5.65. The Kier molecular flexibility index (Phi) is 3.36. The number of benzene rings is 1. The Bertz CT molecular complexity index is 657. The van der Waals surface area contributed by atoms with E-state index in [1.54, 1.807) is 11.3 Å². The highest BCUT2D eigenvalue weighted by Crippen LogP contribution is 2.29. The number of rotatable bonds is 4. The van der Waals surface area contributed by atoms with Gasteiger partial charge in [0.25, 0.3) is 0 Å². The third kappa shape index (κ3) is 2.17. The van der Waals surface area contributed by atoms with Crippen molar-refractivity contribution in [1.29, 1.82) is 0 Å².